The maximum atomic E-state index is 15.1. The number of ether oxygens (including phenoxy) is 1. The standard InChI is InChI=1S/C30H32FN3O4/c1-7-15-17-10-23-26-18(12-34(23)27(35)19(17)13-38-28(15)36)25-22(33(6)29(37)30(3,4)5)9-8-16-14(2)20(31)11-21(32-26)24(16)25/h10-11,15,22H,7-9,12-13H2,1-6H3. The minimum absolute atomic E-state index is 0.0214. The summed E-state index contributed by atoms with van der Waals surface area (Å²) in [4.78, 5) is 46.3. The van der Waals surface area contributed by atoms with Crippen molar-refractivity contribution in [1.82, 2.24) is 14.5 Å². The summed E-state index contributed by atoms with van der Waals surface area (Å²) in [7, 11) is 1.83. The number of hydrogen-bond acceptors (Lipinski definition) is 5. The quantitative estimate of drug-likeness (QED) is 0.353. The van der Waals surface area contributed by atoms with Crippen LogP contribution in [0.4, 0.5) is 4.39 Å². The van der Waals surface area contributed by atoms with Crippen LogP contribution < -0.4 is 5.56 Å². The molecule has 0 bridgehead atoms. The molecule has 1 aliphatic carbocycles. The van der Waals surface area contributed by atoms with Crippen molar-refractivity contribution in [3.05, 3.63) is 61.7 Å². The number of hydrogen-bond donors (Lipinski definition) is 0. The molecule has 1 amide bonds. The van der Waals surface area contributed by atoms with Crippen molar-refractivity contribution in [2.24, 2.45) is 5.41 Å². The molecule has 8 heteroatoms. The third-order valence-electron chi connectivity index (χ3n) is 8.60. The monoisotopic (exact) mass is 517 g/mol. The highest BCUT2D eigenvalue weighted by molar-refractivity contribution is 5.94. The van der Waals surface area contributed by atoms with Crippen molar-refractivity contribution >= 4 is 22.8 Å². The first-order chi connectivity index (χ1) is 17.9. The lowest BCUT2D eigenvalue weighted by molar-refractivity contribution is -0.148. The summed E-state index contributed by atoms with van der Waals surface area (Å²) in [6, 6.07) is 3.14. The molecule has 2 aliphatic heterocycles. The van der Waals surface area contributed by atoms with E-state index in [0.717, 1.165) is 22.1 Å². The molecule has 0 fully saturated rings. The summed E-state index contributed by atoms with van der Waals surface area (Å²) < 4.78 is 22.1. The first kappa shape index (κ1) is 24.8. The first-order valence-corrected chi connectivity index (χ1v) is 13.3. The van der Waals surface area contributed by atoms with E-state index in [1.54, 1.807) is 11.5 Å². The van der Waals surface area contributed by atoms with Crippen molar-refractivity contribution in [3.63, 3.8) is 0 Å². The van der Waals surface area contributed by atoms with Crippen LogP contribution in [0.1, 0.15) is 85.9 Å². The van der Waals surface area contributed by atoms with Crippen LogP contribution >= 0.6 is 0 Å². The highest BCUT2D eigenvalue weighted by Gasteiger charge is 2.40. The second-order valence-corrected chi connectivity index (χ2v) is 11.9. The molecule has 0 spiro atoms. The summed E-state index contributed by atoms with van der Waals surface area (Å²) >= 11 is 0. The van der Waals surface area contributed by atoms with Crippen LogP contribution in [0.3, 0.4) is 0 Å². The van der Waals surface area contributed by atoms with Gasteiger partial charge < -0.3 is 14.2 Å². The maximum absolute atomic E-state index is 15.1. The molecule has 1 aromatic carbocycles. The summed E-state index contributed by atoms with van der Waals surface area (Å²) in [5.74, 6) is -1.12. The Morgan fingerprint density at radius 1 is 1.21 bits per heavy atom. The number of benzene rings is 1. The summed E-state index contributed by atoms with van der Waals surface area (Å²) in [5.41, 5.74) is 5.60. The number of nitrogens with zero attached hydrogens (tertiary/aromatic N) is 3. The lowest BCUT2D eigenvalue weighted by atomic mass is 9.80. The van der Waals surface area contributed by atoms with E-state index in [9.17, 15) is 14.4 Å². The molecule has 6 rings (SSSR count). The normalized spacial score (nSPS) is 19.6. The van der Waals surface area contributed by atoms with Crippen molar-refractivity contribution in [2.75, 3.05) is 7.05 Å². The van der Waals surface area contributed by atoms with Gasteiger partial charge in [-0.2, -0.15) is 0 Å². The molecule has 2 unspecified atom stereocenters. The molecule has 0 saturated heterocycles. The smallest absolute Gasteiger partial charge is 0.313 e. The third-order valence-corrected chi connectivity index (χ3v) is 8.60. The van der Waals surface area contributed by atoms with Crippen molar-refractivity contribution < 1.29 is 18.7 Å². The second kappa shape index (κ2) is 8.22. The van der Waals surface area contributed by atoms with Gasteiger partial charge >= 0.3 is 5.97 Å². The number of cyclic esters (lactones) is 1. The molecule has 4 heterocycles. The van der Waals surface area contributed by atoms with Gasteiger partial charge in [0.1, 0.15) is 12.4 Å². The molecule has 38 heavy (non-hydrogen) atoms. The van der Waals surface area contributed by atoms with E-state index in [-0.39, 0.29) is 35.9 Å². The minimum Gasteiger partial charge on any atom is -0.460 e. The lowest BCUT2D eigenvalue weighted by Gasteiger charge is -2.37. The van der Waals surface area contributed by atoms with Crippen LogP contribution in [0.2, 0.25) is 0 Å². The Morgan fingerprint density at radius 3 is 2.63 bits per heavy atom. The predicted octanol–water partition coefficient (Wildman–Crippen LogP) is 4.91. The number of rotatable bonds is 2. The van der Waals surface area contributed by atoms with Gasteiger partial charge in [-0.25, -0.2) is 9.37 Å². The molecular weight excluding hydrogens is 485 g/mol. The molecule has 198 valence electrons. The second-order valence-electron chi connectivity index (χ2n) is 11.9. The molecule has 2 aromatic heterocycles. The van der Waals surface area contributed by atoms with Gasteiger partial charge in [0.05, 0.1) is 41.0 Å². The van der Waals surface area contributed by atoms with Gasteiger partial charge in [-0.05, 0) is 54.5 Å². The molecule has 0 N–H and O–H groups in total. The summed E-state index contributed by atoms with van der Waals surface area (Å²) in [6.07, 6.45) is 1.82. The van der Waals surface area contributed by atoms with Crippen LogP contribution in [0.5, 0.6) is 0 Å². The van der Waals surface area contributed by atoms with Gasteiger partial charge in [-0.3, -0.25) is 14.4 Å². The zero-order valence-corrected chi connectivity index (χ0v) is 22.7. The van der Waals surface area contributed by atoms with Crippen molar-refractivity contribution in [2.45, 2.75) is 79.0 Å². The number of aromatic nitrogens is 2. The molecule has 2 atom stereocenters. The van der Waals surface area contributed by atoms with E-state index in [1.165, 1.54) is 6.07 Å². The van der Waals surface area contributed by atoms with E-state index in [0.29, 0.717) is 59.4 Å². The van der Waals surface area contributed by atoms with Crippen LogP contribution in [-0.2, 0) is 33.9 Å². The van der Waals surface area contributed by atoms with Crippen molar-refractivity contribution in [3.8, 4) is 11.4 Å². The number of pyridine rings is 2. The summed E-state index contributed by atoms with van der Waals surface area (Å²) in [5, 5.41) is 0.892. The van der Waals surface area contributed by atoms with Gasteiger partial charge in [-0.1, -0.05) is 27.7 Å². The Labute approximate surface area is 220 Å². The Bertz CT molecular complexity index is 1630. The summed E-state index contributed by atoms with van der Waals surface area (Å²) in [6.45, 7) is 9.67. The number of carbonyl (C=O) groups excluding carboxylic acids is 2. The number of esters is 1. The fraction of sp³-hybridized carbons (Fsp3) is 0.467. The highest BCUT2D eigenvalue weighted by atomic mass is 19.1. The average Bonchev–Trinajstić information content (AvgIpc) is 3.24. The number of carbonyl (C=O) groups is 2. The average molecular weight is 518 g/mol. The number of fused-ring (bicyclic) bond motifs is 5. The van der Waals surface area contributed by atoms with Crippen LogP contribution in [-0.4, -0.2) is 33.4 Å². The predicted molar refractivity (Wildman–Crippen MR) is 141 cm³/mol. The number of amides is 1. The van der Waals surface area contributed by atoms with E-state index in [2.05, 4.69) is 0 Å². The molecule has 0 saturated carbocycles. The van der Waals surface area contributed by atoms with Gasteiger partial charge in [0, 0.05) is 29.5 Å². The topological polar surface area (TPSA) is 81.5 Å². The first-order valence-electron chi connectivity index (χ1n) is 13.3. The van der Waals surface area contributed by atoms with Gasteiger partial charge in [0.15, 0.2) is 0 Å². The Balaban J connectivity index is 1.65. The molecule has 3 aliphatic rings. The molecule has 7 nitrogen and oxygen atoms in total. The SMILES string of the molecule is CCC1C(=O)OCc2c1cc1n(c2=O)Cc2c-1nc1cc(F)c(C)c3c1c2C(N(C)C(=O)C(C)(C)C)CC3. The molecule has 3 aromatic rings. The van der Waals surface area contributed by atoms with E-state index < -0.39 is 11.3 Å². The van der Waals surface area contributed by atoms with E-state index >= 15 is 4.39 Å². The van der Waals surface area contributed by atoms with E-state index in [4.69, 9.17) is 9.72 Å². The van der Waals surface area contributed by atoms with Crippen LogP contribution in [0.15, 0.2) is 16.9 Å². The van der Waals surface area contributed by atoms with Gasteiger partial charge in [0.25, 0.3) is 5.56 Å². The zero-order valence-electron chi connectivity index (χ0n) is 22.7. The Kier molecular flexibility index (Phi) is 5.36. The largest absolute Gasteiger partial charge is 0.460 e. The lowest BCUT2D eigenvalue weighted by Crippen LogP contribution is -2.40. The maximum Gasteiger partial charge on any atom is 0.313 e. The van der Waals surface area contributed by atoms with Crippen molar-refractivity contribution in [1.29, 1.82) is 0 Å². The van der Waals surface area contributed by atoms with E-state index in [1.807, 2.05) is 45.7 Å². The highest BCUT2D eigenvalue weighted by Crippen LogP contribution is 2.47. The Hall–Kier alpha value is -3.55. The fourth-order valence-electron chi connectivity index (χ4n) is 6.61. The Morgan fingerprint density at radius 2 is 1.95 bits per heavy atom. The van der Waals surface area contributed by atoms with Gasteiger partial charge in [-0.15, -0.1) is 0 Å². The number of halogens is 1. The van der Waals surface area contributed by atoms with Crippen LogP contribution in [0, 0.1) is 18.2 Å². The third kappa shape index (κ3) is 3.31. The number of aryl methyl sites for hydroxylation is 1. The van der Waals surface area contributed by atoms with Gasteiger partial charge in [0.2, 0.25) is 5.91 Å². The molecule has 0 radical (unpaired) electrons. The molecular formula is C30H32FN3O4. The minimum atomic E-state index is -0.566. The zero-order chi connectivity index (χ0) is 27.3. The van der Waals surface area contributed by atoms with Crippen LogP contribution in [0.25, 0.3) is 22.3 Å². The fourth-order valence-corrected chi connectivity index (χ4v) is 6.61.